The van der Waals surface area contributed by atoms with Gasteiger partial charge in [0.25, 0.3) is 5.91 Å². The number of alkyl halides is 2. The van der Waals surface area contributed by atoms with E-state index in [1.54, 1.807) is 18.2 Å². The summed E-state index contributed by atoms with van der Waals surface area (Å²) in [6, 6.07) is 9.07. The number of aryl methyl sites for hydroxylation is 2. The van der Waals surface area contributed by atoms with E-state index in [-0.39, 0.29) is 43.5 Å². The maximum Gasteiger partial charge on any atom is 0.257 e. The van der Waals surface area contributed by atoms with E-state index in [0.29, 0.717) is 53.9 Å². The van der Waals surface area contributed by atoms with E-state index in [9.17, 15) is 23.6 Å². The molecular formula is C30H36F2N6O2. The van der Waals surface area contributed by atoms with Gasteiger partial charge in [-0.25, -0.2) is 18.7 Å². The Kier molecular flexibility index (Phi) is 8.13. The third-order valence-corrected chi connectivity index (χ3v) is 8.85. The van der Waals surface area contributed by atoms with Gasteiger partial charge >= 0.3 is 0 Å². The number of nitriles is 1. The zero-order valence-electron chi connectivity index (χ0n) is 23.1. The van der Waals surface area contributed by atoms with Crippen molar-refractivity contribution >= 4 is 11.8 Å². The number of carbonyl (C=O) groups is 2. The van der Waals surface area contributed by atoms with Gasteiger partial charge in [0.1, 0.15) is 6.33 Å². The van der Waals surface area contributed by atoms with E-state index in [0.717, 1.165) is 25.2 Å². The molecule has 3 aliphatic rings. The normalized spacial score (nSPS) is 23.4. The molecule has 3 heterocycles. The molecule has 3 atom stereocenters. The third-order valence-electron chi connectivity index (χ3n) is 8.85. The smallest absolute Gasteiger partial charge is 0.257 e. The number of fused-ring (bicyclic) bond motifs is 1. The maximum absolute atomic E-state index is 13.6. The zero-order chi connectivity index (χ0) is 28.4. The van der Waals surface area contributed by atoms with E-state index in [1.165, 1.54) is 6.33 Å². The molecule has 3 fully saturated rings. The number of likely N-dealkylation sites (tertiary alicyclic amines) is 2. The lowest BCUT2D eigenvalue weighted by molar-refractivity contribution is -0.130. The van der Waals surface area contributed by atoms with Crippen LogP contribution in [0.25, 0.3) is 0 Å². The van der Waals surface area contributed by atoms with Gasteiger partial charge in [-0.2, -0.15) is 5.26 Å². The van der Waals surface area contributed by atoms with E-state index >= 15 is 0 Å². The fourth-order valence-corrected chi connectivity index (χ4v) is 6.55. The first-order valence-electron chi connectivity index (χ1n) is 14.1. The summed E-state index contributed by atoms with van der Waals surface area (Å²) in [6.45, 7) is 7.56. The highest BCUT2D eigenvalue weighted by Crippen LogP contribution is 2.37. The van der Waals surface area contributed by atoms with Crippen LogP contribution in [0.15, 0.2) is 30.6 Å². The van der Waals surface area contributed by atoms with Gasteiger partial charge in [0.15, 0.2) is 0 Å². The van der Waals surface area contributed by atoms with Gasteiger partial charge in [-0.05, 0) is 62.6 Å². The van der Waals surface area contributed by atoms with Crippen LogP contribution >= 0.6 is 0 Å². The van der Waals surface area contributed by atoms with Gasteiger partial charge in [0, 0.05) is 51.5 Å². The standard InChI is InChI=1S/C30H36F2N6O2/c1-19-27(20(2)35-18-34-19)29(40)38-16-24-14-37(15-25(24)17-38)11-8-26(23-5-3-4-21(12-23)13-33)36-28(39)22-6-9-30(31,32)10-7-22/h3-5,12,18,22,24-26H,6-11,14-17H2,1-2H3,(H,36,39)/t24?,25?,26-/m0/s1. The molecule has 2 saturated heterocycles. The second-order valence-corrected chi connectivity index (χ2v) is 11.6. The van der Waals surface area contributed by atoms with Crippen LogP contribution in [-0.4, -0.2) is 70.2 Å². The van der Waals surface area contributed by atoms with Crippen molar-refractivity contribution in [2.24, 2.45) is 17.8 Å². The molecule has 212 valence electrons. The molecule has 1 aromatic heterocycles. The molecular weight excluding hydrogens is 514 g/mol. The Labute approximate surface area is 233 Å². The SMILES string of the molecule is Cc1ncnc(C)c1C(=O)N1CC2CN(CC[C@H](NC(=O)C3CCC(F)(F)CC3)c3cccc(C#N)c3)CC2C1. The highest BCUT2D eigenvalue weighted by Gasteiger charge is 2.42. The largest absolute Gasteiger partial charge is 0.349 e. The predicted molar refractivity (Wildman–Crippen MR) is 144 cm³/mol. The number of aromatic nitrogens is 2. The highest BCUT2D eigenvalue weighted by atomic mass is 19.3. The number of carbonyl (C=O) groups excluding carboxylic acids is 2. The quantitative estimate of drug-likeness (QED) is 0.558. The summed E-state index contributed by atoms with van der Waals surface area (Å²) in [5, 5.41) is 12.5. The van der Waals surface area contributed by atoms with Crippen molar-refractivity contribution in [3.63, 3.8) is 0 Å². The first kappa shape index (κ1) is 28.1. The minimum atomic E-state index is -2.68. The zero-order valence-corrected chi connectivity index (χ0v) is 23.1. The maximum atomic E-state index is 13.6. The molecule has 1 aromatic carbocycles. The lowest BCUT2D eigenvalue weighted by Gasteiger charge is -2.30. The number of rotatable bonds is 7. The Morgan fingerprint density at radius 3 is 2.38 bits per heavy atom. The van der Waals surface area contributed by atoms with Crippen molar-refractivity contribution in [2.75, 3.05) is 32.7 Å². The minimum absolute atomic E-state index is 0.00261. The number of nitrogens with one attached hydrogen (secondary N) is 1. The molecule has 5 rings (SSSR count). The fourth-order valence-electron chi connectivity index (χ4n) is 6.55. The van der Waals surface area contributed by atoms with Crippen molar-refractivity contribution in [1.29, 1.82) is 5.26 Å². The van der Waals surface area contributed by atoms with E-state index < -0.39 is 11.8 Å². The lowest BCUT2D eigenvalue weighted by Crippen LogP contribution is -2.39. The third kappa shape index (κ3) is 6.15. The average Bonchev–Trinajstić information content (AvgIpc) is 3.50. The molecule has 2 unspecified atom stereocenters. The van der Waals surface area contributed by atoms with Crippen LogP contribution in [0.4, 0.5) is 8.78 Å². The van der Waals surface area contributed by atoms with Gasteiger partial charge in [-0.15, -0.1) is 0 Å². The Balaban J connectivity index is 1.20. The van der Waals surface area contributed by atoms with E-state index in [2.05, 4.69) is 26.3 Å². The molecule has 2 aromatic rings. The highest BCUT2D eigenvalue weighted by molar-refractivity contribution is 5.96. The summed E-state index contributed by atoms with van der Waals surface area (Å²) in [7, 11) is 0. The Morgan fingerprint density at radius 2 is 1.75 bits per heavy atom. The monoisotopic (exact) mass is 550 g/mol. The molecule has 0 radical (unpaired) electrons. The van der Waals surface area contributed by atoms with Crippen LogP contribution in [0.2, 0.25) is 0 Å². The fraction of sp³-hybridized carbons (Fsp3) is 0.567. The first-order chi connectivity index (χ1) is 19.1. The minimum Gasteiger partial charge on any atom is -0.349 e. The molecule has 2 aliphatic heterocycles. The van der Waals surface area contributed by atoms with Crippen LogP contribution in [0, 0.1) is 42.9 Å². The van der Waals surface area contributed by atoms with Gasteiger partial charge < -0.3 is 15.1 Å². The second-order valence-electron chi connectivity index (χ2n) is 11.6. The Hall–Kier alpha value is -3.45. The van der Waals surface area contributed by atoms with Gasteiger partial charge in [0.05, 0.1) is 34.6 Å². The lowest BCUT2D eigenvalue weighted by atomic mass is 9.86. The molecule has 10 heteroatoms. The summed E-state index contributed by atoms with van der Waals surface area (Å²) in [6.07, 6.45) is 1.98. The van der Waals surface area contributed by atoms with Crippen molar-refractivity contribution in [3.8, 4) is 6.07 Å². The summed E-state index contributed by atoms with van der Waals surface area (Å²) in [5.74, 6) is -2.53. The predicted octanol–water partition coefficient (Wildman–Crippen LogP) is 4.04. The van der Waals surface area contributed by atoms with Crippen LogP contribution in [0.5, 0.6) is 0 Å². The summed E-state index contributed by atoms with van der Waals surface area (Å²) >= 11 is 0. The second kappa shape index (κ2) is 11.6. The molecule has 2 amide bonds. The number of benzene rings is 1. The summed E-state index contributed by atoms with van der Waals surface area (Å²) < 4.78 is 27.3. The molecule has 1 saturated carbocycles. The number of hydrogen-bond donors (Lipinski definition) is 1. The first-order valence-corrected chi connectivity index (χ1v) is 14.1. The van der Waals surface area contributed by atoms with Crippen molar-refractivity contribution < 1.29 is 18.4 Å². The Bertz CT molecular complexity index is 1270. The molecule has 0 bridgehead atoms. The van der Waals surface area contributed by atoms with Gasteiger partial charge in [-0.3, -0.25) is 9.59 Å². The molecule has 1 aliphatic carbocycles. The molecule has 40 heavy (non-hydrogen) atoms. The van der Waals surface area contributed by atoms with Crippen LogP contribution in [-0.2, 0) is 4.79 Å². The number of halogens is 2. The van der Waals surface area contributed by atoms with Crippen LogP contribution in [0.1, 0.15) is 71.0 Å². The van der Waals surface area contributed by atoms with Crippen molar-refractivity contribution in [3.05, 3.63) is 58.7 Å². The van der Waals surface area contributed by atoms with Crippen LogP contribution < -0.4 is 5.32 Å². The Morgan fingerprint density at radius 1 is 1.10 bits per heavy atom. The van der Waals surface area contributed by atoms with Crippen LogP contribution in [0.3, 0.4) is 0 Å². The number of nitrogens with zero attached hydrogens (tertiary/aromatic N) is 5. The molecule has 8 nitrogen and oxygen atoms in total. The molecule has 0 spiro atoms. The van der Waals surface area contributed by atoms with E-state index in [1.807, 2.05) is 24.8 Å². The summed E-state index contributed by atoms with van der Waals surface area (Å²) in [4.78, 5) is 39.0. The van der Waals surface area contributed by atoms with Crippen molar-refractivity contribution in [1.82, 2.24) is 25.1 Å². The van der Waals surface area contributed by atoms with E-state index in [4.69, 9.17) is 0 Å². The van der Waals surface area contributed by atoms with Gasteiger partial charge in [0.2, 0.25) is 11.8 Å². The molecule has 1 N–H and O–H groups in total. The average molecular weight is 551 g/mol. The van der Waals surface area contributed by atoms with Gasteiger partial charge in [-0.1, -0.05) is 12.1 Å². The number of amides is 2. The van der Waals surface area contributed by atoms with Crippen molar-refractivity contribution in [2.45, 2.75) is 57.9 Å². The number of hydrogen-bond acceptors (Lipinski definition) is 6. The summed E-state index contributed by atoms with van der Waals surface area (Å²) in [5.41, 5.74) is 3.36. The topological polar surface area (TPSA) is 102 Å².